The van der Waals surface area contributed by atoms with E-state index in [1.165, 1.54) is 5.56 Å². The number of anilines is 1. The fourth-order valence-corrected chi connectivity index (χ4v) is 2.29. The van der Waals surface area contributed by atoms with Gasteiger partial charge in [-0.15, -0.1) is 0 Å². The molecule has 0 radical (unpaired) electrons. The Hall–Kier alpha value is -2.82. The van der Waals surface area contributed by atoms with Crippen LogP contribution in [0.2, 0.25) is 0 Å². The minimum absolute atomic E-state index is 0.165. The first-order chi connectivity index (χ1) is 10.3. The van der Waals surface area contributed by atoms with E-state index in [0.29, 0.717) is 18.0 Å². The van der Waals surface area contributed by atoms with Crippen LogP contribution in [0.25, 0.3) is 5.65 Å². The normalized spacial score (nSPS) is 10.7. The van der Waals surface area contributed by atoms with Crippen LogP contribution in [-0.4, -0.2) is 27.0 Å². The molecular formula is C16H15N3O2. The molecular weight excluding hydrogens is 266 g/mol. The molecule has 106 valence electrons. The molecule has 2 aromatic heterocycles. The lowest BCUT2D eigenvalue weighted by Gasteiger charge is -2.04. The second-order valence-corrected chi connectivity index (χ2v) is 4.71. The number of rotatable bonds is 5. The summed E-state index contributed by atoms with van der Waals surface area (Å²) in [5.41, 5.74) is 1.99. The molecule has 0 spiro atoms. The summed E-state index contributed by atoms with van der Waals surface area (Å²) in [7, 11) is 0. The van der Waals surface area contributed by atoms with Crippen molar-refractivity contribution in [3.8, 4) is 0 Å². The fourth-order valence-electron chi connectivity index (χ4n) is 2.29. The van der Waals surface area contributed by atoms with E-state index in [1.54, 1.807) is 22.7 Å². The molecule has 5 nitrogen and oxygen atoms in total. The molecule has 0 amide bonds. The predicted octanol–water partition coefficient (Wildman–Crippen LogP) is 2.69. The summed E-state index contributed by atoms with van der Waals surface area (Å²) < 4.78 is 1.58. The van der Waals surface area contributed by atoms with Crippen molar-refractivity contribution in [2.75, 3.05) is 11.9 Å². The molecule has 0 aliphatic rings. The number of carboxylic acid groups (broad SMARTS) is 1. The summed E-state index contributed by atoms with van der Waals surface area (Å²) in [5, 5.41) is 12.5. The highest BCUT2D eigenvalue weighted by molar-refractivity contribution is 5.92. The number of benzene rings is 1. The smallest absolute Gasteiger partial charge is 0.356 e. The Labute approximate surface area is 121 Å². The molecule has 0 aliphatic carbocycles. The van der Waals surface area contributed by atoms with Crippen molar-refractivity contribution in [3.05, 3.63) is 66.0 Å². The molecule has 0 atom stereocenters. The van der Waals surface area contributed by atoms with Crippen LogP contribution in [0.3, 0.4) is 0 Å². The van der Waals surface area contributed by atoms with E-state index >= 15 is 0 Å². The third kappa shape index (κ3) is 2.72. The van der Waals surface area contributed by atoms with Gasteiger partial charge >= 0.3 is 5.97 Å². The zero-order valence-corrected chi connectivity index (χ0v) is 11.4. The summed E-state index contributed by atoms with van der Waals surface area (Å²) in [5.74, 6) is -0.583. The SMILES string of the molecule is O=C(O)c1c(NCCc2ccccc2)nc2ccccn12. The second kappa shape index (κ2) is 5.66. The van der Waals surface area contributed by atoms with Crippen molar-refractivity contribution in [2.24, 2.45) is 0 Å². The Balaban J connectivity index is 1.80. The van der Waals surface area contributed by atoms with Gasteiger partial charge in [-0.1, -0.05) is 36.4 Å². The van der Waals surface area contributed by atoms with Gasteiger partial charge in [-0.25, -0.2) is 9.78 Å². The highest BCUT2D eigenvalue weighted by Gasteiger charge is 2.17. The van der Waals surface area contributed by atoms with Crippen LogP contribution in [0.4, 0.5) is 5.82 Å². The third-order valence-corrected chi connectivity index (χ3v) is 3.28. The van der Waals surface area contributed by atoms with Crippen LogP contribution < -0.4 is 5.32 Å². The molecule has 0 saturated carbocycles. The summed E-state index contributed by atoms with van der Waals surface area (Å²) >= 11 is 0. The molecule has 0 bridgehead atoms. The van der Waals surface area contributed by atoms with Gasteiger partial charge in [-0.3, -0.25) is 4.40 Å². The number of nitrogens with zero attached hydrogens (tertiary/aromatic N) is 2. The van der Waals surface area contributed by atoms with Crippen LogP contribution in [0.1, 0.15) is 16.1 Å². The zero-order valence-electron chi connectivity index (χ0n) is 11.4. The van der Waals surface area contributed by atoms with Crippen LogP contribution >= 0.6 is 0 Å². The molecule has 5 heteroatoms. The van der Waals surface area contributed by atoms with Crippen LogP contribution in [0.15, 0.2) is 54.7 Å². The Morgan fingerprint density at radius 1 is 1.14 bits per heavy atom. The quantitative estimate of drug-likeness (QED) is 0.754. The Morgan fingerprint density at radius 2 is 1.90 bits per heavy atom. The molecule has 0 aliphatic heterocycles. The molecule has 1 aromatic carbocycles. The van der Waals surface area contributed by atoms with Gasteiger partial charge in [0.1, 0.15) is 5.65 Å². The lowest BCUT2D eigenvalue weighted by molar-refractivity contribution is 0.0690. The second-order valence-electron chi connectivity index (χ2n) is 4.71. The molecule has 2 heterocycles. The van der Waals surface area contributed by atoms with E-state index in [2.05, 4.69) is 10.3 Å². The number of hydrogen-bond acceptors (Lipinski definition) is 3. The van der Waals surface area contributed by atoms with Crippen LogP contribution in [0, 0.1) is 0 Å². The maximum Gasteiger partial charge on any atom is 0.356 e. The van der Waals surface area contributed by atoms with Gasteiger partial charge in [0.2, 0.25) is 0 Å². The van der Waals surface area contributed by atoms with Crippen molar-refractivity contribution in [3.63, 3.8) is 0 Å². The topological polar surface area (TPSA) is 66.6 Å². The number of nitrogens with one attached hydrogen (secondary N) is 1. The van der Waals surface area contributed by atoms with Crippen molar-refractivity contribution >= 4 is 17.4 Å². The van der Waals surface area contributed by atoms with Gasteiger partial charge < -0.3 is 10.4 Å². The number of aromatic nitrogens is 2. The summed E-state index contributed by atoms with van der Waals surface area (Å²) in [6.45, 7) is 0.633. The number of hydrogen-bond donors (Lipinski definition) is 2. The van der Waals surface area contributed by atoms with Gasteiger partial charge in [0, 0.05) is 12.7 Å². The maximum atomic E-state index is 11.4. The van der Waals surface area contributed by atoms with Crippen molar-refractivity contribution < 1.29 is 9.90 Å². The Kier molecular flexibility index (Phi) is 3.55. The largest absolute Gasteiger partial charge is 0.476 e. The number of carboxylic acids is 1. The number of carbonyl (C=O) groups is 1. The maximum absolute atomic E-state index is 11.4. The third-order valence-electron chi connectivity index (χ3n) is 3.28. The first-order valence-electron chi connectivity index (χ1n) is 6.74. The molecule has 0 fully saturated rings. The summed E-state index contributed by atoms with van der Waals surface area (Å²) in [6, 6.07) is 15.5. The van der Waals surface area contributed by atoms with Crippen molar-refractivity contribution in [1.29, 1.82) is 0 Å². The average molecular weight is 281 g/mol. The summed E-state index contributed by atoms with van der Waals surface area (Å²) in [4.78, 5) is 15.8. The lowest BCUT2D eigenvalue weighted by Crippen LogP contribution is -2.10. The minimum Gasteiger partial charge on any atom is -0.476 e. The van der Waals surface area contributed by atoms with E-state index in [0.717, 1.165) is 6.42 Å². The van der Waals surface area contributed by atoms with Crippen molar-refractivity contribution in [2.45, 2.75) is 6.42 Å². The number of aromatic carboxylic acids is 1. The first kappa shape index (κ1) is 13.2. The van der Waals surface area contributed by atoms with E-state index in [1.807, 2.05) is 36.4 Å². The highest BCUT2D eigenvalue weighted by Crippen LogP contribution is 2.17. The Bertz CT molecular complexity index is 766. The monoisotopic (exact) mass is 281 g/mol. The molecule has 21 heavy (non-hydrogen) atoms. The molecule has 3 rings (SSSR count). The first-order valence-corrected chi connectivity index (χ1v) is 6.74. The van der Waals surface area contributed by atoms with Gasteiger partial charge in [-0.2, -0.15) is 0 Å². The lowest BCUT2D eigenvalue weighted by atomic mass is 10.1. The number of imidazole rings is 1. The predicted molar refractivity (Wildman–Crippen MR) is 80.8 cm³/mol. The highest BCUT2D eigenvalue weighted by atomic mass is 16.4. The minimum atomic E-state index is -0.990. The van der Waals surface area contributed by atoms with Gasteiger partial charge in [0.05, 0.1) is 0 Å². The van der Waals surface area contributed by atoms with E-state index < -0.39 is 5.97 Å². The van der Waals surface area contributed by atoms with E-state index in [9.17, 15) is 9.90 Å². The molecule has 0 saturated heterocycles. The van der Waals surface area contributed by atoms with E-state index in [-0.39, 0.29) is 5.69 Å². The number of pyridine rings is 1. The van der Waals surface area contributed by atoms with Gasteiger partial charge in [0.25, 0.3) is 0 Å². The van der Waals surface area contributed by atoms with Crippen LogP contribution in [-0.2, 0) is 6.42 Å². The molecule has 0 unspecified atom stereocenters. The zero-order chi connectivity index (χ0) is 14.7. The molecule has 2 N–H and O–H groups in total. The van der Waals surface area contributed by atoms with Crippen LogP contribution in [0.5, 0.6) is 0 Å². The average Bonchev–Trinajstić information content (AvgIpc) is 2.86. The fraction of sp³-hybridized carbons (Fsp3) is 0.125. The molecule has 3 aromatic rings. The van der Waals surface area contributed by atoms with Gasteiger partial charge in [-0.05, 0) is 24.1 Å². The standard InChI is InChI=1S/C16H15N3O2/c20-16(21)14-15(18-13-8-4-5-11-19(13)14)17-10-9-12-6-2-1-3-7-12/h1-8,11,17H,9-10H2,(H,20,21). The van der Waals surface area contributed by atoms with Crippen molar-refractivity contribution in [1.82, 2.24) is 9.38 Å². The Morgan fingerprint density at radius 3 is 2.67 bits per heavy atom. The van der Waals surface area contributed by atoms with E-state index in [4.69, 9.17) is 0 Å². The summed E-state index contributed by atoms with van der Waals surface area (Å²) in [6.07, 6.45) is 2.52. The number of fused-ring (bicyclic) bond motifs is 1. The van der Waals surface area contributed by atoms with Gasteiger partial charge in [0.15, 0.2) is 11.5 Å².